The van der Waals surface area contributed by atoms with Crippen molar-refractivity contribution in [3.63, 3.8) is 0 Å². The topological polar surface area (TPSA) is 61.4 Å². The Morgan fingerprint density at radius 3 is 2.41 bits per heavy atom. The van der Waals surface area contributed by atoms with Crippen LogP contribution in [0.5, 0.6) is 0 Å². The number of nitrogens with one attached hydrogen (secondary N) is 2. The first kappa shape index (κ1) is 16.6. The van der Waals surface area contributed by atoms with Crippen molar-refractivity contribution in [1.29, 1.82) is 0 Å². The Morgan fingerprint density at radius 1 is 1.14 bits per heavy atom. The van der Waals surface area contributed by atoms with Gasteiger partial charge < -0.3 is 10.4 Å². The van der Waals surface area contributed by atoms with E-state index < -0.39 is 6.10 Å². The first-order valence-corrected chi connectivity index (χ1v) is 7.84. The van der Waals surface area contributed by atoms with E-state index in [0.29, 0.717) is 5.56 Å². The lowest BCUT2D eigenvalue weighted by Crippen LogP contribution is -2.40. The van der Waals surface area contributed by atoms with Crippen LogP contribution >= 0.6 is 28.1 Å². The van der Waals surface area contributed by atoms with Crippen LogP contribution < -0.4 is 10.6 Å². The van der Waals surface area contributed by atoms with Crippen molar-refractivity contribution in [3.05, 3.63) is 70.2 Å². The third-order valence-corrected chi connectivity index (χ3v) is 3.75. The largest absolute Gasteiger partial charge is 0.387 e. The summed E-state index contributed by atoms with van der Waals surface area (Å²) in [5.74, 6) is -0.281. The molecule has 4 nitrogen and oxygen atoms in total. The Labute approximate surface area is 142 Å². The summed E-state index contributed by atoms with van der Waals surface area (Å²) in [7, 11) is 0. The number of amides is 1. The van der Waals surface area contributed by atoms with Gasteiger partial charge in [0, 0.05) is 16.6 Å². The van der Waals surface area contributed by atoms with Crippen LogP contribution in [0.4, 0.5) is 0 Å². The SMILES string of the molecule is O=C(NC(=S)NC[C@H](O)c1ccc(Br)cc1)c1ccccc1. The van der Waals surface area contributed by atoms with Crippen molar-refractivity contribution >= 4 is 39.2 Å². The van der Waals surface area contributed by atoms with Crippen molar-refractivity contribution in [2.75, 3.05) is 6.54 Å². The van der Waals surface area contributed by atoms with E-state index in [1.807, 2.05) is 30.3 Å². The molecule has 0 aliphatic rings. The quantitative estimate of drug-likeness (QED) is 0.715. The van der Waals surface area contributed by atoms with Crippen LogP contribution in [-0.2, 0) is 0 Å². The average molecular weight is 379 g/mol. The van der Waals surface area contributed by atoms with Crippen LogP contribution in [0.1, 0.15) is 22.0 Å². The first-order valence-electron chi connectivity index (χ1n) is 6.64. The van der Waals surface area contributed by atoms with Gasteiger partial charge in [0.1, 0.15) is 0 Å². The van der Waals surface area contributed by atoms with Gasteiger partial charge in [-0.05, 0) is 42.0 Å². The zero-order valence-electron chi connectivity index (χ0n) is 11.6. The van der Waals surface area contributed by atoms with Crippen LogP contribution in [0.25, 0.3) is 0 Å². The van der Waals surface area contributed by atoms with E-state index in [1.54, 1.807) is 24.3 Å². The highest BCUT2D eigenvalue weighted by Gasteiger charge is 2.10. The smallest absolute Gasteiger partial charge is 0.257 e. The molecule has 22 heavy (non-hydrogen) atoms. The molecule has 0 heterocycles. The number of hydrogen-bond acceptors (Lipinski definition) is 3. The zero-order valence-corrected chi connectivity index (χ0v) is 14.0. The number of rotatable bonds is 4. The van der Waals surface area contributed by atoms with Gasteiger partial charge >= 0.3 is 0 Å². The lowest BCUT2D eigenvalue weighted by atomic mass is 10.1. The minimum absolute atomic E-state index is 0.185. The molecule has 0 spiro atoms. The summed E-state index contributed by atoms with van der Waals surface area (Å²) in [6.45, 7) is 0.218. The van der Waals surface area contributed by atoms with Gasteiger partial charge in [0.05, 0.1) is 6.10 Å². The van der Waals surface area contributed by atoms with Gasteiger partial charge in [0.25, 0.3) is 5.91 Å². The van der Waals surface area contributed by atoms with E-state index >= 15 is 0 Å². The molecule has 0 radical (unpaired) electrons. The molecule has 6 heteroatoms. The van der Waals surface area contributed by atoms with Crippen LogP contribution in [0, 0.1) is 0 Å². The third-order valence-electron chi connectivity index (χ3n) is 2.97. The molecule has 0 saturated heterocycles. The maximum absolute atomic E-state index is 11.9. The molecular weight excluding hydrogens is 364 g/mol. The van der Waals surface area contributed by atoms with Gasteiger partial charge in [0.2, 0.25) is 0 Å². The van der Waals surface area contributed by atoms with Crippen LogP contribution in [0.15, 0.2) is 59.1 Å². The first-order chi connectivity index (χ1) is 10.6. The molecule has 2 aromatic rings. The molecule has 2 aromatic carbocycles. The van der Waals surface area contributed by atoms with Gasteiger partial charge in [-0.25, -0.2) is 0 Å². The summed E-state index contributed by atoms with van der Waals surface area (Å²) in [5, 5.41) is 15.7. The Morgan fingerprint density at radius 2 is 1.77 bits per heavy atom. The molecule has 3 N–H and O–H groups in total. The summed E-state index contributed by atoms with van der Waals surface area (Å²) in [6.07, 6.45) is -0.709. The van der Waals surface area contributed by atoms with Gasteiger partial charge in [0.15, 0.2) is 5.11 Å². The summed E-state index contributed by atoms with van der Waals surface area (Å²) in [4.78, 5) is 11.9. The van der Waals surface area contributed by atoms with E-state index in [9.17, 15) is 9.90 Å². The standard InChI is InChI=1S/C16H15BrN2O2S/c17-13-8-6-11(7-9-13)14(20)10-18-16(22)19-15(21)12-4-2-1-3-5-12/h1-9,14,20H,10H2,(H2,18,19,21,22)/t14-/m0/s1. The highest BCUT2D eigenvalue weighted by Crippen LogP contribution is 2.16. The molecule has 0 unspecified atom stereocenters. The van der Waals surface area contributed by atoms with Crippen molar-refractivity contribution < 1.29 is 9.90 Å². The minimum atomic E-state index is -0.709. The number of benzene rings is 2. The van der Waals surface area contributed by atoms with Crippen molar-refractivity contribution in [3.8, 4) is 0 Å². The predicted molar refractivity (Wildman–Crippen MR) is 93.6 cm³/mol. The second kappa shape index (κ2) is 8.03. The molecule has 1 atom stereocenters. The van der Waals surface area contributed by atoms with Gasteiger partial charge in [-0.3, -0.25) is 10.1 Å². The second-order valence-electron chi connectivity index (χ2n) is 4.60. The van der Waals surface area contributed by atoms with Crippen molar-refractivity contribution in [2.24, 2.45) is 0 Å². The summed E-state index contributed by atoms with van der Waals surface area (Å²) >= 11 is 8.40. The van der Waals surface area contributed by atoms with Crippen molar-refractivity contribution in [1.82, 2.24) is 10.6 Å². The number of hydrogen-bond donors (Lipinski definition) is 3. The molecular formula is C16H15BrN2O2S. The predicted octanol–water partition coefficient (Wildman–Crippen LogP) is 2.79. The van der Waals surface area contributed by atoms with E-state index in [1.165, 1.54) is 0 Å². The molecule has 114 valence electrons. The summed E-state index contributed by atoms with van der Waals surface area (Å²) in [6, 6.07) is 16.2. The summed E-state index contributed by atoms with van der Waals surface area (Å²) < 4.78 is 0.946. The Kier molecular flexibility index (Phi) is 6.06. The number of carbonyl (C=O) groups is 1. The van der Waals surface area contributed by atoms with Crippen LogP contribution in [0.2, 0.25) is 0 Å². The fourth-order valence-corrected chi connectivity index (χ4v) is 2.24. The van der Waals surface area contributed by atoms with Gasteiger partial charge in [-0.2, -0.15) is 0 Å². The fraction of sp³-hybridized carbons (Fsp3) is 0.125. The molecule has 0 fully saturated rings. The van der Waals surface area contributed by atoms with E-state index in [4.69, 9.17) is 12.2 Å². The third kappa shape index (κ3) is 4.91. The number of aliphatic hydroxyl groups excluding tert-OH is 1. The maximum Gasteiger partial charge on any atom is 0.257 e. The Bertz CT molecular complexity index is 647. The normalized spacial score (nSPS) is 11.5. The number of thiocarbonyl (C=S) groups is 1. The minimum Gasteiger partial charge on any atom is -0.387 e. The number of halogens is 1. The molecule has 0 bridgehead atoms. The lowest BCUT2D eigenvalue weighted by Gasteiger charge is -2.14. The average Bonchev–Trinajstić information content (AvgIpc) is 2.54. The van der Waals surface area contributed by atoms with E-state index in [-0.39, 0.29) is 17.6 Å². The number of aliphatic hydroxyl groups is 1. The molecule has 0 aliphatic carbocycles. The van der Waals surface area contributed by atoms with Crippen LogP contribution in [0.3, 0.4) is 0 Å². The number of carbonyl (C=O) groups excluding carboxylic acids is 1. The molecule has 0 saturated carbocycles. The van der Waals surface area contributed by atoms with E-state index in [2.05, 4.69) is 26.6 Å². The van der Waals surface area contributed by atoms with Crippen molar-refractivity contribution in [2.45, 2.75) is 6.10 Å². The molecule has 2 rings (SSSR count). The molecule has 0 aliphatic heterocycles. The molecule has 0 aromatic heterocycles. The Hall–Kier alpha value is -1.76. The molecule has 1 amide bonds. The Balaban J connectivity index is 1.82. The highest BCUT2D eigenvalue weighted by molar-refractivity contribution is 9.10. The van der Waals surface area contributed by atoms with Gasteiger partial charge in [-0.1, -0.05) is 46.3 Å². The zero-order chi connectivity index (χ0) is 15.9. The second-order valence-corrected chi connectivity index (χ2v) is 5.92. The highest BCUT2D eigenvalue weighted by atomic mass is 79.9. The maximum atomic E-state index is 11.9. The van der Waals surface area contributed by atoms with E-state index in [0.717, 1.165) is 10.0 Å². The fourth-order valence-electron chi connectivity index (χ4n) is 1.80. The summed E-state index contributed by atoms with van der Waals surface area (Å²) in [5.41, 5.74) is 1.30. The van der Waals surface area contributed by atoms with Crippen LogP contribution in [-0.4, -0.2) is 22.7 Å². The van der Waals surface area contributed by atoms with Gasteiger partial charge in [-0.15, -0.1) is 0 Å². The monoisotopic (exact) mass is 378 g/mol. The lowest BCUT2D eigenvalue weighted by molar-refractivity contribution is 0.0976.